The van der Waals surface area contributed by atoms with E-state index in [1.165, 1.54) is 0 Å². The summed E-state index contributed by atoms with van der Waals surface area (Å²) in [6, 6.07) is 4.88. The van der Waals surface area contributed by atoms with Crippen LogP contribution in [0.1, 0.15) is 18.9 Å². The Kier molecular flexibility index (Phi) is 5.25. The van der Waals surface area contributed by atoms with E-state index in [1.807, 2.05) is 0 Å². The van der Waals surface area contributed by atoms with Crippen LogP contribution in [-0.4, -0.2) is 28.9 Å². The van der Waals surface area contributed by atoms with E-state index in [1.54, 1.807) is 25.1 Å². The molecule has 0 aliphatic heterocycles. The number of hydrogen-bond donors (Lipinski definition) is 2. The van der Waals surface area contributed by atoms with Gasteiger partial charge in [-0.1, -0.05) is 23.7 Å². The molecule has 0 aliphatic carbocycles. The predicted octanol–water partition coefficient (Wildman–Crippen LogP) is 1.90. The molecule has 2 N–H and O–H groups in total. The Balaban J connectivity index is 2.59. The molecule has 0 radical (unpaired) electrons. The van der Waals surface area contributed by atoms with Crippen molar-refractivity contribution in [2.45, 2.75) is 25.9 Å². The number of para-hydroxylation sites is 1. The molecule has 0 aromatic heterocycles. The number of carbonyl (C=O) groups is 1. The van der Waals surface area contributed by atoms with Crippen LogP contribution in [0.2, 0.25) is 5.02 Å². The summed E-state index contributed by atoms with van der Waals surface area (Å²) in [4.78, 5) is 11.1. The fraction of sp³-hybridized carbons (Fsp3) is 0.417. The number of carbonyl (C=O) groups excluding carboxylic acids is 1. The maximum Gasteiger partial charge on any atom is 0.308 e. The van der Waals surface area contributed by atoms with E-state index in [0.29, 0.717) is 5.56 Å². The average Bonchev–Trinajstić information content (AvgIpc) is 2.25. The van der Waals surface area contributed by atoms with Crippen molar-refractivity contribution in [2.24, 2.45) is 0 Å². The highest BCUT2D eigenvalue weighted by molar-refractivity contribution is 6.32. The van der Waals surface area contributed by atoms with Crippen LogP contribution < -0.4 is 0 Å². The molecule has 94 valence electrons. The molecular formula is C12H15ClO4. The van der Waals surface area contributed by atoms with Gasteiger partial charge in [-0.25, -0.2) is 0 Å². The van der Waals surface area contributed by atoms with Crippen molar-refractivity contribution in [3.63, 3.8) is 0 Å². The van der Waals surface area contributed by atoms with Gasteiger partial charge in [0, 0.05) is 6.42 Å². The van der Waals surface area contributed by atoms with Crippen molar-refractivity contribution >= 4 is 17.6 Å². The largest absolute Gasteiger partial charge is 0.506 e. The quantitative estimate of drug-likeness (QED) is 0.792. The van der Waals surface area contributed by atoms with Gasteiger partial charge in [0.2, 0.25) is 0 Å². The summed E-state index contributed by atoms with van der Waals surface area (Å²) in [5.74, 6) is -0.515. The van der Waals surface area contributed by atoms with Crippen molar-refractivity contribution in [3.05, 3.63) is 28.8 Å². The number of rotatable bonds is 5. The molecule has 1 unspecified atom stereocenters. The number of aliphatic hydroxyl groups excluding tert-OH is 1. The topological polar surface area (TPSA) is 66.8 Å². The number of ether oxygens (including phenoxy) is 1. The third kappa shape index (κ3) is 4.24. The molecule has 1 aromatic carbocycles. The number of halogens is 1. The Morgan fingerprint density at radius 2 is 2.24 bits per heavy atom. The normalized spacial score (nSPS) is 12.2. The van der Waals surface area contributed by atoms with E-state index in [-0.39, 0.29) is 30.2 Å². The van der Waals surface area contributed by atoms with Gasteiger partial charge in [-0.2, -0.15) is 0 Å². The van der Waals surface area contributed by atoms with Gasteiger partial charge in [0.15, 0.2) is 0 Å². The van der Waals surface area contributed by atoms with E-state index in [2.05, 4.69) is 0 Å². The van der Waals surface area contributed by atoms with Crippen molar-refractivity contribution in [2.75, 3.05) is 6.61 Å². The van der Waals surface area contributed by atoms with Gasteiger partial charge in [-0.15, -0.1) is 0 Å². The number of aromatic hydroxyl groups is 1. The first-order chi connectivity index (χ1) is 8.04. The minimum atomic E-state index is -0.890. The van der Waals surface area contributed by atoms with Crippen molar-refractivity contribution in [1.82, 2.24) is 0 Å². The zero-order chi connectivity index (χ0) is 12.8. The monoisotopic (exact) mass is 258 g/mol. The molecule has 0 heterocycles. The summed E-state index contributed by atoms with van der Waals surface area (Å²) in [6.45, 7) is 1.99. The second-order valence-electron chi connectivity index (χ2n) is 3.61. The van der Waals surface area contributed by atoms with Crippen LogP contribution in [0.4, 0.5) is 0 Å². The summed E-state index contributed by atoms with van der Waals surface area (Å²) < 4.78 is 4.72. The summed E-state index contributed by atoms with van der Waals surface area (Å²) in [7, 11) is 0. The molecule has 0 saturated heterocycles. The second-order valence-corrected chi connectivity index (χ2v) is 4.02. The highest BCUT2D eigenvalue weighted by Gasteiger charge is 2.15. The van der Waals surface area contributed by atoms with Crippen LogP contribution in [0.3, 0.4) is 0 Å². The molecule has 4 nitrogen and oxygen atoms in total. The van der Waals surface area contributed by atoms with Gasteiger partial charge in [-0.05, 0) is 18.6 Å². The first-order valence-electron chi connectivity index (χ1n) is 5.34. The van der Waals surface area contributed by atoms with Gasteiger partial charge < -0.3 is 14.9 Å². The lowest BCUT2D eigenvalue weighted by molar-refractivity contribution is -0.145. The Morgan fingerprint density at radius 1 is 1.53 bits per heavy atom. The van der Waals surface area contributed by atoms with Crippen LogP contribution >= 0.6 is 11.6 Å². The van der Waals surface area contributed by atoms with E-state index in [4.69, 9.17) is 16.3 Å². The average molecular weight is 259 g/mol. The second kappa shape index (κ2) is 6.47. The number of hydrogen-bond acceptors (Lipinski definition) is 4. The van der Waals surface area contributed by atoms with Crippen molar-refractivity contribution in [3.8, 4) is 5.75 Å². The molecule has 0 aliphatic rings. The maximum absolute atomic E-state index is 11.1. The molecule has 1 rings (SSSR count). The molecule has 0 fully saturated rings. The van der Waals surface area contributed by atoms with E-state index >= 15 is 0 Å². The van der Waals surface area contributed by atoms with Gasteiger partial charge >= 0.3 is 5.97 Å². The molecule has 0 bridgehead atoms. The predicted molar refractivity (Wildman–Crippen MR) is 64.1 cm³/mol. The zero-order valence-corrected chi connectivity index (χ0v) is 10.3. The molecule has 17 heavy (non-hydrogen) atoms. The van der Waals surface area contributed by atoms with Crippen molar-refractivity contribution < 1.29 is 19.7 Å². The Hall–Kier alpha value is -1.26. The van der Waals surface area contributed by atoms with Crippen LogP contribution in [-0.2, 0) is 16.0 Å². The molecule has 1 aromatic rings. The summed E-state index contributed by atoms with van der Waals surface area (Å²) >= 11 is 5.73. The van der Waals surface area contributed by atoms with Crippen LogP contribution in [0, 0.1) is 0 Å². The van der Waals surface area contributed by atoms with E-state index < -0.39 is 12.1 Å². The van der Waals surface area contributed by atoms with E-state index in [0.717, 1.165) is 0 Å². The van der Waals surface area contributed by atoms with Crippen LogP contribution in [0.5, 0.6) is 5.75 Å². The molecule has 0 amide bonds. The Morgan fingerprint density at radius 3 is 2.88 bits per heavy atom. The fourth-order valence-electron chi connectivity index (χ4n) is 1.46. The highest BCUT2D eigenvalue weighted by atomic mass is 35.5. The summed E-state index contributed by atoms with van der Waals surface area (Å²) in [5, 5.41) is 19.5. The number of benzene rings is 1. The Bertz CT molecular complexity index is 392. The third-order valence-electron chi connectivity index (χ3n) is 2.23. The number of aliphatic hydroxyl groups is 1. The molecule has 0 spiro atoms. The van der Waals surface area contributed by atoms with Gasteiger partial charge in [0.05, 0.1) is 24.2 Å². The maximum atomic E-state index is 11.1. The van der Waals surface area contributed by atoms with Gasteiger partial charge in [0.1, 0.15) is 5.75 Å². The number of esters is 1. The lowest BCUT2D eigenvalue weighted by Gasteiger charge is -2.11. The summed E-state index contributed by atoms with van der Waals surface area (Å²) in [6.07, 6.45) is -0.830. The van der Waals surface area contributed by atoms with Crippen LogP contribution in [0.15, 0.2) is 18.2 Å². The number of phenolic OH excluding ortho intramolecular Hbond substituents is 1. The zero-order valence-electron chi connectivity index (χ0n) is 9.52. The number of phenols is 1. The van der Waals surface area contributed by atoms with Crippen LogP contribution in [0.25, 0.3) is 0 Å². The molecular weight excluding hydrogens is 244 g/mol. The lowest BCUT2D eigenvalue weighted by Crippen LogP contribution is -2.18. The van der Waals surface area contributed by atoms with E-state index in [9.17, 15) is 15.0 Å². The minimum absolute atomic E-state index is 0.0583. The molecule has 0 saturated carbocycles. The first kappa shape index (κ1) is 13.8. The smallest absolute Gasteiger partial charge is 0.308 e. The standard InChI is InChI=1S/C12H15ClO4/c1-2-17-11(15)7-9(14)6-8-4-3-5-10(13)12(8)16/h3-5,9,14,16H,2,6-7H2,1H3. The fourth-order valence-corrected chi connectivity index (χ4v) is 1.66. The minimum Gasteiger partial charge on any atom is -0.506 e. The first-order valence-corrected chi connectivity index (χ1v) is 5.72. The molecule has 5 heteroatoms. The SMILES string of the molecule is CCOC(=O)CC(O)Cc1cccc(Cl)c1O. The lowest BCUT2D eigenvalue weighted by atomic mass is 10.0. The molecule has 1 atom stereocenters. The highest BCUT2D eigenvalue weighted by Crippen LogP contribution is 2.28. The van der Waals surface area contributed by atoms with Crippen molar-refractivity contribution in [1.29, 1.82) is 0 Å². The van der Waals surface area contributed by atoms with Gasteiger partial charge in [0.25, 0.3) is 0 Å². The third-order valence-corrected chi connectivity index (χ3v) is 2.54. The van der Waals surface area contributed by atoms with Gasteiger partial charge in [-0.3, -0.25) is 4.79 Å². The summed E-state index contributed by atoms with van der Waals surface area (Å²) in [5.41, 5.74) is 0.509. The Labute approximate surface area is 105 Å².